The van der Waals surface area contributed by atoms with Crippen molar-refractivity contribution < 1.29 is 0 Å². The molecule has 0 aromatic heterocycles. The lowest BCUT2D eigenvalue weighted by Crippen LogP contribution is -1.77. The SMILES string of the molecule is [CH]CC(C)C. The van der Waals surface area contributed by atoms with E-state index >= 15 is 0 Å². The summed E-state index contributed by atoms with van der Waals surface area (Å²) in [6.07, 6.45) is 0.806. The van der Waals surface area contributed by atoms with E-state index in [-0.39, 0.29) is 0 Å². The molecule has 2 radical (unpaired) electrons. The highest BCUT2D eigenvalue weighted by atomic mass is 13.9. The molecule has 0 fully saturated rings. The molecule has 0 aliphatic rings. The third-order valence-corrected chi connectivity index (χ3v) is 0.471. The van der Waals surface area contributed by atoms with Gasteiger partial charge in [-0.05, 0) is 19.3 Å². The van der Waals surface area contributed by atoms with Crippen molar-refractivity contribution in [2.75, 3.05) is 0 Å². The second-order valence-electron chi connectivity index (χ2n) is 1.63. The minimum absolute atomic E-state index is 0.662. The van der Waals surface area contributed by atoms with Gasteiger partial charge in [0.1, 0.15) is 0 Å². The maximum absolute atomic E-state index is 5.17. The van der Waals surface area contributed by atoms with Gasteiger partial charge in [-0.25, -0.2) is 0 Å². The highest BCUT2D eigenvalue weighted by Gasteiger charge is 1.80. The summed E-state index contributed by atoms with van der Waals surface area (Å²) in [6.45, 7) is 9.37. The number of hydrogen-bond donors (Lipinski definition) is 0. The highest BCUT2D eigenvalue weighted by Crippen LogP contribution is 1.93. The third kappa shape index (κ3) is 4.00. The maximum atomic E-state index is 5.17. The van der Waals surface area contributed by atoms with Crippen LogP contribution in [0, 0.1) is 12.8 Å². The predicted molar refractivity (Wildman–Crippen MR) is 23.8 cm³/mol. The fraction of sp³-hybridized carbons (Fsp3) is 0.800. The van der Waals surface area contributed by atoms with Crippen molar-refractivity contribution in [2.24, 2.45) is 5.92 Å². The Balaban J connectivity index is 2.54. The van der Waals surface area contributed by atoms with E-state index in [2.05, 4.69) is 13.8 Å². The van der Waals surface area contributed by atoms with E-state index in [1.807, 2.05) is 0 Å². The molecule has 0 spiro atoms. The van der Waals surface area contributed by atoms with Crippen LogP contribution in [0.1, 0.15) is 20.3 Å². The van der Waals surface area contributed by atoms with Crippen LogP contribution in [0.2, 0.25) is 0 Å². The van der Waals surface area contributed by atoms with Crippen molar-refractivity contribution in [3.05, 3.63) is 6.92 Å². The Kier molecular flexibility index (Phi) is 2.25. The molecular formula is C5H10. The first kappa shape index (κ1) is 5.00. The van der Waals surface area contributed by atoms with Crippen molar-refractivity contribution in [3.63, 3.8) is 0 Å². The van der Waals surface area contributed by atoms with E-state index in [4.69, 9.17) is 6.92 Å². The summed E-state index contributed by atoms with van der Waals surface area (Å²) in [5.41, 5.74) is 0. The van der Waals surface area contributed by atoms with Gasteiger partial charge in [0.05, 0.1) is 0 Å². The molecule has 0 atom stereocenters. The molecule has 0 aliphatic heterocycles. The van der Waals surface area contributed by atoms with Crippen molar-refractivity contribution in [2.45, 2.75) is 20.3 Å². The third-order valence-electron chi connectivity index (χ3n) is 0.471. The Bertz CT molecular complexity index is 14.0. The first-order valence-electron chi connectivity index (χ1n) is 1.97. The van der Waals surface area contributed by atoms with Crippen LogP contribution in [0.15, 0.2) is 0 Å². The van der Waals surface area contributed by atoms with E-state index < -0.39 is 0 Å². The maximum Gasteiger partial charge on any atom is -0.0349 e. The summed E-state index contributed by atoms with van der Waals surface area (Å²) in [4.78, 5) is 0. The van der Waals surface area contributed by atoms with Crippen LogP contribution in [-0.2, 0) is 0 Å². The van der Waals surface area contributed by atoms with Gasteiger partial charge in [-0.2, -0.15) is 0 Å². The number of rotatable bonds is 1. The fourth-order valence-corrected chi connectivity index (χ4v) is 0. The van der Waals surface area contributed by atoms with Crippen LogP contribution in [-0.4, -0.2) is 0 Å². The zero-order valence-corrected chi connectivity index (χ0v) is 3.86. The largest absolute Gasteiger partial charge is 0.0628 e. The minimum atomic E-state index is 0.662. The lowest BCUT2D eigenvalue weighted by molar-refractivity contribution is 0.661. The molecule has 0 heterocycles. The molecule has 30 valence electrons. The van der Waals surface area contributed by atoms with Gasteiger partial charge in [-0.15, -0.1) is 0 Å². The second kappa shape index (κ2) is 2.25. The molecule has 0 rings (SSSR count). The van der Waals surface area contributed by atoms with Crippen LogP contribution in [0.4, 0.5) is 0 Å². The first-order valence-corrected chi connectivity index (χ1v) is 1.97. The van der Waals surface area contributed by atoms with Gasteiger partial charge in [-0.3, -0.25) is 0 Å². The molecule has 0 bridgehead atoms. The molecule has 0 nitrogen and oxygen atoms in total. The van der Waals surface area contributed by atoms with Crippen LogP contribution >= 0.6 is 0 Å². The van der Waals surface area contributed by atoms with Crippen molar-refractivity contribution in [3.8, 4) is 0 Å². The minimum Gasteiger partial charge on any atom is -0.0628 e. The standard InChI is InChI=1S/C5H10/c1-4-5(2)3/h1,5H,4H2,2-3H3. The normalized spacial score (nSPS) is 9.60. The molecule has 0 heteroatoms. The Morgan fingerprint density at radius 2 is 1.80 bits per heavy atom. The molecule has 0 unspecified atom stereocenters. The van der Waals surface area contributed by atoms with Crippen molar-refractivity contribution in [1.29, 1.82) is 0 Å². The second-order valence-corrected chi connectivity index (χ2v) is 1.63. The number of hydrogen-bond acceptors (Lipinski definition) is 0. The Morgan fingerprint density at radius 1 is 1.60 bits per heavy atom. The summed E-state index contributed by atoms with van der Waals surface area (Å²) in [7, 11) is 0. The van der Waals surface area contributed by atoms with Gasteiger partial charge in [0.25, 0.3) is 0 Å². The Morgan fingerprint density at radius 3 is 1.80 bits per heavy atom. The summed E-state index contributed by atoms with van der Waals surface area (Å²) in [5, 5.41) is 0. The average Bonchev–Trinajstić information content (AvgIpc) is 1.38. The van der Waals surface area contributed by atoms with Gasteiger partial charge < -0.3 is 0 Å². The fourth-order valence-electron chi connectivity index (χ4n) is 0. The van der Waals surface area contributed by atoms with Gasteiger partial charge >= 0.3 is 0 Å². The van der Waals surface area contributed by atoms with Gasteiger partial charge in [0.2, 0.25) is 0 Å². The lowest BCUT2D eigenvalue weighted by atomic mass is 10.2. The summed E-state index contributed by atoms with van der Waals surface area (Å²) < 4.78 is 0. The molecule has 5 heavy (non-hydrogen) atoms. The molecule has 0 N–H and O–H groups in total. The highest BCUT2D eigenvalue weighted by molar-refractivity contribution is 4.42. The van der Waals surface area contributed by atoms with Crippen LogP contribution in [0.3, 0.4) is 0 Å². The van der Waals surface area contributed by atoms with Crippen molar-refractivity contribution in [1.82, 2.24) is 0 Å². The van der Waals surface area contributed by atoms with Gasteiger partial charge in [-0.1, -0.05) is 13.8 Å². The zero-order valence-electron chi connectivity index (χ0n) is 3.86. The van der Waals surface area contributed by atoms with Crippen LogP contribution < -0.4 is 0 Å². The summed E-state index contributed by atoms with van der Waals surface area (Å²) >= 11 is 0. The molecule has 0 amide bonds. The van der Waals surface area contributed by atoms with Gasteiger partial charge in [0.15, 0.2) is 0 Å². The van der Waals surface area contributed by atoms with E-state index in [1.54, 1.807) is 0 Å². The van der Waals surface area contributed by atoms with E-state index in [0.717, 1.165) is 6.42 Å². The van der Waals surface area contributed by atoms with E-state index in [0.29, 0.717) is 5.92 Å². The van der Waals surface area contributed by atoms with Crippen LogP contribution in [0.5, 0.6) is 0 Å². The van der Waals surface area contributed by atoms with E-state index in [9.17, 15) is 0 Å². The molecule has 0 aromatic rings. The molecule has 0 saturated carbocycles. The van der Waals surface area contributed by atoms with Gasteiger partial charge in [0, 0.05) is 0 Å². The first-order chi connectivity index (χ1) is 2.27. The van der Waals surface area contributed by atoms with Crippen LogP contribution in [0.25, 0.3) is 0 Å². The zero-order chi connectivity index (χ0) is 4.28. The summed E-state index contributed by atoms with van der Waals surface area (Å²) in [6, 6.07) is 0. The van der Waals surface area contributed by atoms with E-state index in [1.165, 1.54) is 0 Å². The Hall–Kier alpha value is 0. The average molecular weight is 70.1 g/mol. The topological polar surface area (TPSA) is 0 Å². The molecule has 0 saturated heterocycles. The Labute approximate surface area is 34.2 Å². The van der Waals surface area contributed by atoms with Crippen molar-refractivity contribution >= 4 is 0 Å². The quantitative estimate of drug-likeness (QED) is 0.441. The predicted octanol–water partition coefficient (Wildman–Crippen LogP) is 1.74. The molecule has 0 aromatic carbocycles. The molecule has 0 aliphatic carbocycles. The monoisotopic (exact) mass is 70.1 g/mol. The lowest BCUT2D eigenvalue weighted by Gasteiger charge is -1.90. The molecular weight excluding hydrogens is 60.1 g/mol. The smallest absolute Gasteiger partial charge is 0.0349 e. The summed E-state index contributed by atoms with van der Waals surface area (Å²) in [5.74, 6) is 0.662.